The lowest BCUT2D eigenvalue weighted by Crippen LogP contribution is -2.49. The lowest BCUT2D eigenvalue weighted by atomic mass is 10.00. The van der Waals surface area contributed by atoms with Crippen LogP contribution < -0.4 is 5.32 Å². The van der Waals surface area contributed by atoms with Crippen molar-refractivity contribution in [3.05, 3.63) is 78.4 Å². The molecule has 1 heterocycles. The number of carbonyl (C=O) groups is 1. The Labute approximate surface area is 183 Å². The topological polar surface area (TPSA) is 61.8 Å². The molecule has 0 unspecified atom stereocenters. The molecule has 0 radical (unpaired) electrons. The van der Waals surface area contributed by atoms with E-state index >= 15 is 0 Å². The molecule has 0 saturated carbocycles. The molecule has 0 fully saturated rings. The van der Waals surface area contributed by atoms with Crippen LogP contribution in [0.3, 0.4) is 0 Å². The van der Waals surface area contributed by atoms with Gasteiger partial charge in [0.2, 0.25) is 0 Å². The van der Waals surface area contributed by atoms with Crippen molar-refractivity contribution in [3.63, 3.8) is 0 Å². The molecule has 0 spiro atoms. The molecule has 0 bridgehead atoms. The zero-order valence-corrected chi connectivity index (χ0v) is 18.2. The van der Waals surface area contributed by atoms with Gasteiger partial charge < -0.3 is 15.2 Å². The van der Waals surface area contributed by atoms with E-state index in [-0.39, 0.29) is 6.61 Å². The van der Waals surface area contributed by atoms with E-state index in [0.29, 0.717) is 18.9 Å². The van der Waals surface area contributed by atoms with Gasteiger partial charge in [0.25, 0.3) is 0 Å². The van der Waals surface area contributed by atoms with Crippen molar-refractivity contribution in [1.82, 2.24) is 9.62 Å². The monoisotopic (exact) mass is 426 g/mol. The van der Waals surface area contributed by atoms with E-state index < -0.39 is 18.2 Å². The maximum Gasteiger partial charge on any atom is 0.407 e. The van der Waals surface area contributed by atoms with E-state index in [1.165, 1.54) is 16.5 Å². The van der Waals surface area contributed by atoms with Gasteiger partial charge in [0.1, 0.15) is 6.61 Å². The Bertz CT molecular complexity index is 830. The molecule has 1 aliphatic heterocycles. The average molecular weight is 427 g/mol. The van der Waals surface area contributed by atoms with Crippen molar-refractivity contribution >= 4 is 18.0 Å². The highest BCUT2D eigenvalue weighted by Crippen LogP contribution is 2.32. The van der Waals surface area contributed by atoms with Gasteiger partial charge in [0.05, 0.1) is 12.1 Å². The van der Waals surface area contributed by atoms with Crippen molar-refractivity contribution in [2.45, 2.75) is 36.8 Å². The SMILES string of the molecule is C=CCOC(=O)N[C@@H](Cc1ccccc1)[C@H](O)CN1C[C@@H](C)Cc2ccccc2S1. The highest BCUT2D eigenvalue weighted by Gasteiger charge is 2.27. The van der Waals surface area contributed by atoms with Gasteiger partial charge in [-0.15, -0.1) is 0 Å². The minimum absolute atomic E-state index is 0.135. The van der Waals surface area contributed by atoms with Crippen LogP contribution in [0.2, 0.25) is 0 Å². The van der Waals surface area contributed by atoms with Crippen molar-refractivity contribution < 1.29 is 14.6 Å². The summed E-state index contributed by atoms with van der Waals surface area (Å²) in [7, 11) is 0. The second-order valence-corrected chi connectivity index (χ2v) is 8.89. The number of carbonyl (C=O) groups excluding carboxylic acids is 1. The summed E-state index contributed by atoms with van der Waals surface area (Å²) in [6, 6.07) is 17.8. The smallest absolute Gasteiger partial charge is 0.407 e. The quantitative estimate of drug-likeness (QED) is 0.492. The molecule has 3 atom stereocenters. The summed E-state index contributed by atoms with van der Waals surface area (Å²) in [5, 5.41) is 13.9. The van der Waals surface area contributed by atoms with E-state index in [9.17, 15) is 9.90 Å². The number of fused-ring (bicyclic) bond motifs is 1. The van der Waals surface area contributed by atoms with Gasteiger partial charge >= 0.3 is 6.09 Å². The zero-order chi connectivity index (χ0) is 21.3. The van der Waals surface area contributed by atoms with Crippen LogP contribution in [0.4, 0.5) is 4.79 Å². The van der Waals surface area contributed by atoms with Gasteiger partial charge in [-0.25, -0.2) is 9.10 Å². The average Bonchev–Trinajstić information content (AvgIpc) is 2.89. The molecule has 0 aliphatic carbocycles. The Morgan fingerprint density at radius 1 is 1.30 bits per heavy atom. The van der Waals surface area contributed by atoms with E-state index in [1.54, 1.807) is 11.9 Å². The largest absolute Gasteiger partial charge is 0.445 e. The summed E-state index contributed by atoms with van der Waals surface area (Å²) in [6.07, 6.45) is 1.78. The number of alkyl carbamates (subject to hydrolysis) is 1. The second kappa shape index (κ2) is 11.2. The number of β-amino-alcohol motifs (C(OH)–C–C–N with tert-alkyl or cyclic N) is 1. The van der Waals surface area contributed by atoms with E-state index in [0.717, 1.165) is 18.5 Å². The third-order valence-corrected chi connectivity index (χ3v) is 6.22. The normalized spacial score (nSPS) is 18.5. The Hall–Kier alpha value is -2.28. The number of aliphatic hydroxyl groups excluding tert-OH is 1. The van der Waals surface area contributed by atoms with Crippen LogP contribution >= 0.6 is 11.9 Å². The molecule has 160 valence electrons. The van der Waals surface area contributed by atoms with Crippen LogP contribution in [0.25, 0.3) is 0 Å². The van der Waals surface area contributed by atoms with Crippen LogP contribution in [-0.2, 0) is 17.6 Å². The van der Waals surface area contributed by atoms with Crippen LogP contribution in [0, 0.1) is 5.92 Å². The number of aliphatic hydroxyl groups is 1. The first kappa shape index (κ1) is 22.4. The summed E-state index contributed by atoms with van der Waals surface area (Å²) < 4.78 is 7.29. The van der Waals surface area contributed by atoms with Crippen molar-refractivity contribution in [3.8, 4) is 0 Å². The Balaban J connectivity index is 1.70. The molecule has 0 aromatic heterocycles. The third-order valence-electron chi connectivity index (χ3n) is 5.07. The molecule has 5 nitrogen and oxygen atoms in total. The van der Waals surface area contributed by atoms with E-state index in [4.69, 9.17) is 4.74 Å². The molecular weight excluding hydrogens is 396 g/mol. The predicted octanol–water partition coefficient (Wildman–Crippen LogP) is 4.07. The maximum absolute atomic E-state index is 12.2. The van der Waals surface area contributed by atoms with Gasteiger partial charge in [0.15, 0.2) is 0 Å². The number of hydrogen-bond donors (Lipinski definition) is 2. The van der Waals surface area contributed by atoms with Gasteiger partial charge in [-0.2, -0.15) is 0 Å². The molecule has 1 amide bonds. The van der Waals surface area contributed by atoms with Gasteiger partial charge in [-0.1, -0.05) is 68.1 Å². The van der Waals surface area contributed by atoms with E-state index in [2.05, 4.69) is 41.3 Å². The number of nitrogens with zero attached hydrogens (tertiary/aromatic N) is 1. The van der Waals surface area contributed by atoms with E-state index in [1.807, 2.05) is 36.4 Å². The summed E-state index contributed by atoms with van der Waals surface area (Å²) >= 11 is 1.68. The molecule has 2 N–H and O–H groups in total. The minimum atomic E-state index is -0.744. The second-order valence-electron chi connectivity index (χ2n) is 7.75. The maximum atomic E-state index is 12.2. The Kier molecular flexibility index (Phi) is 8.37. The Morgan fingerprint density at radius 2 is 2.03 bits per heavy atom. The zero-order valence-electron chi connectivity index (χ0n) is 17.4. The molecule has 3 rings (SSSR count). The molecule has 2 aromatic rings. The molecule has 30 heavy (non-hydrogen) atoms. The van der Waals surface area contributed by atoms with Gasteiger partial charge in [0, 0.05) is 18.0 Å². The number of rotatable bonds is 8. The molecule has 0 saturated heterocycles. The summed E-state index contributed by atoms with van der Waals surface area (Å²) in [6.45, 7) is 7.25. The van der Waals surface area contributed by atoms with Crippen molar-refractivity contribution in [1.29, 1.82) is 0 Å². The highest BCUT2D eigenvalue weighted by atomic mass is 32.2. The van der Waals surface area contributed by atoms with Crippen molar-refractivity contribution in [2.24, 2.45) is 5.92 Å². The molecule has 2 aromatic carbocycles. The first-order valence-corrected chi connectivity index (χ1v) is 11.1. The first-order valence-electron chi connectivity index (χ1n) is 10.3. The van der Waals surface area contributed by atoms with Crippen LogP contribution in [0.5, 0.6) is 0 Å². The first-order chi connectivity index (χ1) is 14.5. The standard InChI is InChI=1S/C24H30N2O3S/c1-3-13-29-24(28)25-21(15-19-9-5-4-6-10-19)22(27)17-26-16-18(2)14-20-11-7-8-12-23(20)30-26/h3-12,18,21-22,27H,1,13-17H2,2H3,(H,25,28)/t18-,21-,22+/m0/s1. The summed E-state index contributed by atoms with van der Waals surface area (Å²) in [4.78, 5) is 13.4. The van der Waals surface area contributed by atoms with Gasteiger partial charge in [-0.3, -0.25) is 0 Å². The van der Waals surface area contributed by atoms with Crippen LogP contribution in [0.15, 0.2) is 72.1 Å². The fourth-order valence-corrected chi connectivity index (χ4v) is 4.89. The number of hydrogen-bond acceptors (Lipinski definition) is 5. The van der Waals surface area contributed by atoms with Crippen LogP contribution in [0.1, 0.15) is 18.1 Å². The third kappa shape index (κ3) is 6.62. The van der Waals surface area contributed by atoms with Crippen molar-refractivity contribution in [2.75, 3.05) is 19.7 Å². The number of amides is 1. The molecule has 6 heteroatoms. The summed E-state index contributed by atoms with van der Waals surface area (Å²) in [5.41, 5.74) is 2.40. The molecule has 1 aliphatic rings. The molecular formula is C24H30N2O3S. The van der Waals surface area contributed by atoms with Gasteiger partial charge in [-0.05, 0) is 47.9 Å². The lowest BCUT2D eigenvalue weighted by Gasteiger charge is -2.29. The summed E-state index contributed by atoms with van der Waals surface area (Å²) in [5.74, 6) is 0.478. The highest BCUT2D eigenvalue weighted by molar-refractivity contribution is 7.97. The fourth-order valence-electron chi connectivity index (χ4n) is 3.65. The number of ether oxygens (including phenoxy) is 1. The number of nitrogens with one attached hydrogen (secondary N) is 1. The van der Waals surface area contributed by atoms with Crippen LogP contribution in [-0.4, -0.2) is 47.3 Å². The number of benzene rings is 2. The lowest BCUT2D eigenvalue weighted by molar-refractivity contribution is 0.0940. The minimum Gasteiger partial charge on any atom is -0.445 e. The Morgan fingerprint density at radius 3 is 2.80 bits per heavy atom. The predicted molar refractivity (Wildman–Crippen MR) is 121 cm³/mol. The fraction of sp³-hybridized carbons (Fsp3) is 0.375.